The fraction of sp³-hybridized carbons (Fsp3) is 0.333. The van der Waals surface area contributed by atoms with Gasteiger partial charge in [0, 0.05) is 17.3 Å². The van der Waals surface area contributed by atoms with Gasteiger partial charge in [0.1, 0.15) is 0 Å². The third-order valence-electron chi connectivity index (χ3n) is 2.18. The monoisotopic (exact) mass is 270 g/mol. The molecule has 0 spiro atoms. The van der Waals surface area contributed by atoms with Crippen LogP contribution in [0.25, 0.3) is 0 Å². The second kappa shape index (κ2) is 6.86. The molecule has 6 heteroatoms. The summed E-state index contributed by atoms with van der Waals surface area (Å²) >= 11 is 5.73. The molecule has 0 radical (unpaired) electrons. The van der Waals surface area contributed by atoms with Gasteiger partial charge in [-0.25, -0.2) is 0 Å². The standard InChI is InChI=1S/C12H15ClN2O3/c1-2-18-11(16)5-6-15-12(17)9-4-3-8(13)7-10(9)14/h3-4,7H,2,5-6,14H2,1H3,(H,15,17). The number of esters is 1. The van der Waals surface area contributed by atoms with Crippen LogP contribution in [0.2, 0.25) is 5.02 Å². The van der Waals surface area contributed by atoms with E-state index < -0.39 is 0 Å². The number of anilines is 1. The summed E-state index contributed by atoms with van der Waals surface area (Å²) in [6.07, 6.45) is 0.132. The molecular formula is C12H15ClN2O3. The van der Waals surface area contributed by atoms with Gasteiger partial charge in [0.25, 0.3) is 5.91 Å². The van der Waals surface area contributed by atoms with Crippen LogP contribution < -0.4 is 11.1 Å². The minimum Gasteiger partial charge on any atom is -0.466 e. The number of halogens is 1. The Balaban J connectivity index is 2.48. The molecule has 3 N–H and O–H groups in total. The van der Waals surface area contributed by atoms with Crippen molar-refractivity contribution < 1.29 is 14.3 Å². The first-order valence-electron chi connectivity index (χ1n) is 5.53. The Labute approximate surface area is 110 Å². The number of nitrogens with one attached hydrogen (secondary N) is 1. The van der Waals surface area contributed by atoms with Crippen molar-refractivity contribution in [3.63, 3.8) is 0 Å². The van der Waals surface area contributed by atoms with E-state index in [9.17, 15) is 9.59 Å². The van der Waals surface area contributed by atoms with Gasteiger partial charge < -0.3 is 15.8 Å². The molecule has 5 nitrogen and oxygen atoms in total. The zero-order chi connectivity index (χ0) is 13.5. The molecule has 0 saturated carbocycles. The molecule has 0 aliphatic heterocycles. The van der Waals surface area contributed by atoms with Crippen molar-refractivity contribution in [2.24, 2.45) is 0 Å². The van der Waals surface area contributed by atoms with Crippen molar-refractivity contribution in [3.05, 3.63) is 28.8 Å². The van der Waals surface area contributed by atoms with Crippen LogP contribution in [0.5, 0.6) is 0 Å². The van der Waals surface area contributed by atoms with Crippen molar-refractivity contribution >= 4 is 29.2 Å². The lowest BCUT2D eigenvalue weighted by molar-refractivity contribution is -0.142. The van der Waals surface area contributed by atoms with Gasteiger partial charge >= 0.3 is 5.97 Å². The molecule has 0 unspecified atom stereocenters. The van der Waals surface area contributed by atoms with Crippen LogP contribution in [0.4, 0.5) is 5.69 Å². The molecule has 1 aromatic carbocycles. The number of hydrogen-bond donors (Lipinski definition) is 2. The Morgan fingerprint density at radius 2 is 2.17 bits per heavy atom. The Bertz CT molecular complexity index is 449. The molecule has 0 aliphatic rings. The molecule has 0 aromatic heterocycles. The lowest BCUT2D eigenvalue weighted by Crippen LogP contribution is -2.27. The van der Waals surface area contributed by atoms with Gasteiger partial charge in [-0.05, 0) is 25.1 Å². The van der Waals surface area contributed by atoms with Crippen LogP contribution >= 0.6 is 11.6 Å². The average molecular weight is 271 g/mol. The number of carbonyl (C=O) groups is 2. The van der Waals surface area contributed by atoms with E-state index in [4.69, 9.17) is 22.1 Å². The molecule has 0 aliphatic carbocycles. The molecule has 1 amide bonds. The fourth-order valence-electron chi connectivity index (χ4n) is 1.35. The summed E-state index contributed by atoms with van der Waals surface area (Å²) in [5, 5.41) is 3.05. The molecule has 98 valence electrons. The highest BCUT2D eigenvalue weighted by Gasteiger charge is 2.10. The predicted octanol–water partition coefficient (Wildman–Crippen LogP) is 1.61. The lowest BCUT2D eigenvalue weighted by atomic mass is 10.1. The average Bonchev–Trinajstić information content (AvgIpc) is 2.29. The normalized spacial score (nSPS) is 9.89. The number of hydrogen-bond acceptors (Lipinski definition) is 4. The van der Waals surface area contributed by atoms with Crippen molar-refractivity contribution in [2.75, 3.05) is 18.9 Å². The largest absolute Gasteiger partial charge is 0.466 e. The Hall–Kier alpha value is -1.75. The van der Waals surface area contributed by atoms with Gasteiger partial charge in [0.15, 0.2) is 0 Å². The third-order valence-corrected chi connectivity index (χ3v) is 2.41. The second-order valence-corrected chi connectivity index (χ2v) is 3.98. The van der Waals surface area contributed by atoms with Crippen LogP contribution in [0.3, 0.4) is 0 Å². The van der Waals surface area contributed by atoms with Crippen molar-refractivity contribution in [1.82, 2.24) is 5.32 Å². The molecule has 1 aromatic rings. The number of nitrogen functional groups attached to an aromatic ring is 1. The van der Waals surface area contributed by atoms with Gasteiger partial charge in [-0.3, -0.25) is 9.59 Å². The van der Waals surface area contributed by atoms with Crippen molar-refractivity contribution in [1.29, 1.82) is 0 Å². The minimum atomic E-state index is -0.345. The number of ether oxygens (including phenoxy) is 1. The summed E-state index contributed by atoms with van der Waals surface area (Å²) in [6.45, 7) is 2.27. The molecule has 0 atom stereocenters. The quantitative estimate of drug-likeness (QED) is 0.629. The number of rotatable bonds is 5. The van der Waals surface area contributed by atoms with Gasteiger partial charge in [-0.1, -0.05) is 11.6 Å². The summed E-state index contributed by atoms with van der Waals surface area (Å²) in [6, 6.07) is 4.62. The van der Waals surface area contributed by atoms with Crippen molar-refractivity contribution in [3.8, 4) is 0 Å². The molecule has 18 heavy (non-hydrogen) atoms. The topological polar surface area (TPSA) is 81.4 Å². The Kier molecular flexibility index (Phi) is 5.45. The molecule has 0 heterocycles. The maximum atomic E-state index is 11.7. The maximum absolute atomic E-state index is 11.7. The Morgan fingerprint density at radius 1 is 1.44 bits per heavy atom. The lowest BCUT2D eigenvalue weighted by Gasteiger charge is -2.07. The first kappa shape index (κ1) is 14.3. The summed E-state index contributed by atoms with van der Waals surface area (Å²) in [5.74, 6) is -0.685. The van der Waals surface area contributed by atoms with Crippen molar-refractivity contribution in [2.45, 2.75) is 13.3 Å². The van der Waals surface area contributed by atoms with Gasteiger partial charge in [0.05, 0.1) is 18.6 Å². The number of benzene rings is 1. The minimum absolute atomic E-state index is 0.132. The number of amides is 1. The summed E-state index contributed by atoms with van der Waals surface area (Å²) in [5.41, 5.74) is 6.30. The van der Waals surface area contributed by atoms with E-state index in [1.807, 2.05) is 0 Å². The highest BCUT2D eigenvalue weighted by atomic mass is 35.5. The fourth-order valence-corrected chi connectivity index (χ4v) is 1.53. The van der Waals surface area contributed by atoms with Crippen LogP contribution in [0, 0.1) is 0 Å². The molecule has 0 bridgehead atoms. The number of nitrogens with two attached hydrogens (primary N) is 1. The van der Waals surface area contributed by atoms with E-state index in [1.165, 1.54) is 12.1 Å². The van der Waals surface area contributed by atoms with Crippen LogP contribution in [-0.2, 0) is 9.53 Å². The van der Waals surface area contributed by atoms with Crippen LogP contribution in [0.1, 0.15) is 23.7 Å². The van der Waals surface area contributed by atoms with Gasteiger partial charge in [-0.2, -0.15) is 0 Å². The molecule has 0 saturated heterocycles. The van der Waals surface area contributed by atoms with Gasteiger partial charge in [-0.15, -0.1) is 0 Å². The predicted molar refractivity (Wildman–Crippen MR) is 69.4 cm³/mol. The summed E-state index contributed by atoms with van der Waals surface area (Å²) in [4.78, 5) is 22.8. The van der Waals surface area contributed by atoms with E-state index in [1.54, 1.807) is 13.0 Å². The highest BCUT2D eigenvalue weighted by Crippen LogP contribution is 2.17. The SMILES string of the molecule is CCOC(=O)CCNC(=O)c1ccc(Cl)cc1N. The Morgan fingerprint density at radius 3 is 2.78 bits per heavy atom. The summed E-state index contributed by atoms with van der Waals surface area (Å²) < 4.78 is 4.74. The molecule has 1 rings (SSSR count). The zero-order valence-electron chi connectivity index (χ0n) is 10.0. The van der Waals surface area contributed by atoms with E-state index >= 15 is 0 Å². The molecule has 0 fully saturated rings. The second-order valence-electron chi connectivity index (χ2n) is 3.54. The van der Waals surface area contributed by atoms with Gasteiger partial charge in [0.2, 0.25) is 0 Å². The summed E-state index contributed by atoms with van der Waals surface area (Å²) in [7, 11) is 0. The van der Waals surface area contributed by atoms with Crippen LogP contribution in [-0.4, -0.2) is 25.0 Å². The highest BCUT2D eigenvalue weighted by molar-refractivity contribution is 6.31. The van der Waals surface area contributed by atoms with E-state index in [-0.39, 0.29) is 24.8 Å². The van der Waals surface area contributed by atoms with E-state index in [0.29, 0.717) is 22.9 Å². The molecular weight excluding hydrogens is 256 g/mol. The smallest absolute Gasteiger partial charge is 0.307 e. The maximum Gasteiger partial charge on any atom is 0.307 e. The number of carbonyl (C=O) groups excluding carboxylic acids is 2. The zero-order valence-corrected chi connectivity index (χ0v) is 10.8. The third kappa shape index (κ3) is 4.25. The van der Waals surface area contributed by atoms with Crippen LogP contribution in [0.15, 0.2) is 18.2 Å². The van der Waals surface area contributed by atoms with E-state index in [0.717, 1.165) is 0 Å². The van der Waals surface area contributed by atoms with E-state index in [2.05, 4.69) is 5.32 Å². The first-order chi connectivity index (χ1) is 8.54. The first-order valence-corrected chi connectivity index (χ1v) is 5.91.